The van der Waals surface area contributed by atoms with Gasteiger partial charge < -0.3 is 5.32 Å². The number of para-hydroxylation sites is 1. The fourth-order valence-corrected chi connectivity index (χ4v) is 3.15. The minimum absolute atomic E-state index is 0.217. The molecular weight excluding hydrogens is 318 g/mol. The van der Waals surface area contributed by atoms with Crippen LogP contribution in [0, 0.1) is 0 Å². The summed E-state index contributed by atoms with van der Waals surface area (Å²) in [5, 5.41) is 16.2. The number of nitrogens with zero attached hydrogens (tertiary/aromatic N) is 8. The van der Waals surface area contributed by atoms with Crippen molar-refractivity contribution in [3.63, 3.8) is 0 Å². The fourth-order valence-electron chi connectivity index (χ4n) is 3.15. The Labute approximate surface area is 142 Å². The van der Waals surface area contributed by atoms with Crippen molar-refractivity contribution in [3.8, 4) is 5.69 Å². The molecule has 1 aliphatic rings. The zero-order valence-electron chi connectivity index (χ0n) is 13.3. The van der Waals surface area contributed by atoms with E-state index in [1.165, 1.54) is 6.33 Å². The van der Waals surface area contributed by atoms with Gasteiger partial charge in [-0.15, -0.1) is 5.10 Å². The van der Waals surface area contributed by atoms with Crippen molar-refractivity contribution in [1.82, 2.24) is 39.7 Å². The quantitative estimate of drug-likeness (QED) is 0.602. The van der Waals surface area contributed by atoms with E-state index in [0.717, 1.165) is 30.9 Å². The number of anilines is 1. The second-order valence-corrected chi connectivity index (χ2v) is 5.97. The number of hydrogen-bond acceptors (Lipinski definition) is 7. The van der Waals surface area contributed by atoms with Crippen LogP contribution in [0.5, 0.6) is 0 Å². The summed E-state index contributed by atoms with van der Waals surface area (Å²) in [5.41, 5.74) is 2.26. The summed E-state index contributed by atoms with van der Waals surface area (Å²) >= 11 is 0. The molecule has 124 valence electrons. The SMILES string of the molecule is c1ccc(-n2nnc3c(N[C@@H]4CCc5ncnn5C4)ncnc32)cc1. The first kappa shape index (κ1) is 14.0. The van der Waals surface area contributed by atoms with Crippen LogP contribution in [0.25, 0.3) is 16.9 Å². The summed E-state index contributed by atoms with van der Waals surface area (Å²) in [5.74, 6) is 1.72. The van der Waals surface area contributed by atoms with E-state index < -0.39 is 0 Å². The average molecular weight is 333 g/mol. The third-order valence-electron chi connectivity index (χ3n) is 4.38. The Morgan fingerprint density at radius 1 is 1.04 bits per heavy atom. The van der Waals surface area contributed by atoms with E-state index in [-0.39, 0.29) is 6.04 Å². The highest BCUT2D eigenvalue weighted by molar-refractivity contribution is 5.83. The lowest BCUT2D eigenvalue weighted by atomic mass is 10.1. The molecule has 3 aromatic heterocycles. The zero-order chi connectivity index (χ0) is 16.6. The van der Waals surface area contributed by atoms with Gasteiger partial charge in [0.25, 0.3) is 0 Å². The molecule has 0 saturated carbocycles. The molecule has 0 aliphatic carbocycles. The Kier molecular flexibility index (Phi) is 3.15. The van der Waals surface area contributed by atoms with E-state index in [2.05, 4.69) is 35.7 Å². The number of fused-ring (bicyclic) bond motifs is 2. The maximum atomic E-state index is 4.37. The van der Waals surface area contributed by atoms with Crippen molar-refractivity contribution in [2.24, 2.45) is 0 Å². The minimum Gasteiger partial charge on any atom is -0.363 e. The Morgan fingerprint density at radius 2 is 1.96 bits per heavy atom. The average Bonchev–Trinajstić information content (AvgIpc) is 3.29. The molecular formula is C16H15N9. The van der Waals surface area contributed by atoms with E-state index in [9.17, 15) is 0 Å². The maximum Gasteiger partial charge on any atom is 0.188 e. The molecule has 0 radical (unpaired) electrons. The Morgan fingerprint density at radius 3 is 2.88 bits per heavy atom. The lowest BCUT2D eigenvalue weighted by Gasteiger charge is -2.23. The summed E-state index contributed by atoms with van der Waals surface area (Å²) in [6.45, 7) is 0.758. The summed E-state index contributed by atoms with van der Waals surface area (Å²) in [6, 6.07) is 10.0. The van der Waals surface area contributed by atoms with Gasteiger partial charge in [0.05, 0.1) is 12.2 Å². The summed E-state index contributed by atoms with van der Waals surface area (Å²) in [7, 11) is 0. The van der Waals surface area contributed by atoms with Crippen LogP contribution >= 0.6 is 0 Å². The molecule has 5 rings (SSSR count). The van der Waals surface area contributed by atoms with E-state index in [4.69, 9.17) is 0 Å². The molecule has 1 aliphatic heterocycles. The lowest BCUT2D eigenvalue weighted by molar-refractivity contribution is 0.441. The van der Waals surface area contributed by atoms with Gasteiger partial charge in [0, 0.05) is 12.5 Å². The molecule has 9 heteroatoms. The number of hydrogen-bond donors (Lipinski definition) is 1. The maximum absolute atomic E-state index is 4.37. The van der Waals surface area contributed by atoms with Crippen LogP contribution in [0.3, 0.4) is 0 Å². The molecule has 1 atom stereocenters. The van der Waals surface area contributed by atoms with Gasteiger partial charge >= 0.3 is 0 Å². The number of rotatable bonds is 3. The summed E-state index contributed by atoms with van der Waals surface area (Å²) < 4.78 is 3.65. The molecule has 0 unspecified atom stereocenters. The van der Waals surface area contributed by atoms with Crippen LogP contribution in [0.15, 0.2) is 43.0 Å². The van der Waals surface area contributed by atoms with Gasteiger partial charge in [-0.1, -0.05) is 23.4 Å². The van der Waals surface area contributed by atoms with Crippen LogP contribution < -0.4 is 5.32 Å². The van der Waals surface area contributed by atoms with Crippen molar-refractivity contribution in [3.05, 3.63) is 48.8 Å². The molecule has 0 fully saturated rings. The van der Waals surface area contributed by atoms with Crippen LogP contribution in [-0.2, 0) is 13.0 Å². The summed E-state index contributed by atoms with van der Waals surface area (Å²) in [4.78, 5) is 13.0. The number of benzene rings is 1. The van der Waals surface area contributed by atoms with Gasteiger partial charge in [0.1, 0.15) is 18.5 Å². The second kappa shape index (κ2) is 5.62. The van der Waals surface area contributed by atoms with Gasteiger partial charge in [-0.25, -0.2) is 19.6 Å². The molecule has 0 bridgehead atoms. The van der Waals surface area contributed by atoms with Crippen molar-refractivity contribution in [2.45, 2.75) is 25.4 Å². The highest BCUT2D eigenvalue weighted by Gasteiger charge is 2.22. The molecule has 0 spiro atoms. The standard InChI is InChI=1S/C16H15N9/c1-2-4-12(5-3-1)25-16-14(22-23-25)15(18-9-19-16)21-11-6-7-13-17-10-20-24(13)8-11/h1-5,9-11H,6-8H2,(H,18,19,21)/t11-/m1/s1. The summed E-state index contributed by atoms with van der Waals surface area (Å²) in [6.07, 6.45) is 5.00. The molecule has 9 nitrogen and oxygen atoms in total. The molecule has 0 saturated heterocycles. The molecule has 25 heavy (non-hydrogen) atoms. The Balaban J connectivity index is 1.48. The topological polar surface area (TPSA) is 99.2 Å². The lowest BCUT2D eigenvalue weighted by Crippen LogP contribution is -2.32. The number of nitrogens with one attached hydrogen (secondary N) is 1. The molecule has 0 amide bonds. The smallest absolute Gasteiger partial charge is 0.188 e. The first-order valence-corrected chi connectivity index (χ1v) is 8.13. The van der Waals surface area contributed by atoms with Gasteiger partial charge in [0.15, 0.2) is 17.0 Å². The first-order chi connectivity index (χ1) is 12.4. The van der Waals surface area contributed by atoms with Gasteiger partial charge in [-0.3, -0.25) is 0 Å². The van der Waals surface area contributed by atoms with E-state index in [1.807, 2.05) is 35.0 Å². The van der Waals surface area contributed by atoms with E-state index in [1.54, 1.807) is 11.0 Å². The van der Waals surface area contributed by atoms with Crippen molar-refractivity contribution in [1.29, 1.82) is 0 Å². The fraction of sp³-hybridized carbons (Fsp3) is 0.250. The highest BCUT2D eigenvalue weighted by Crippen LogP contribution is 2.22. The third kappa shape index (κ3) is 2.40. The van der Waals surface area contributed by atoms with Crippen LogP contribution in [-0.4, -0.2) is 45.8 Å². The van der Waals surface area contributed by atoms with Gasteiger partial charge in [-0.2, -0.15) is 9.78 Å². The monoisotopic (exact) mass is 333 g/mol. The van der Waals surface area contributed by atoms with Crippen molar-refractivity contribution < 1.29 is 0 Å². The predicted molar refractivity (Wildman–Crippen MR) is 90.2 cm³/mol. The number of aromatic nitrogens is 8. The minimum atomic E-state index is 0.217. The molecule has 4 heterocycles. The Bertz CT molecular complexity index is 1020. The van der Waals surface area contributed by atoms with Crippen LogP contribution in [0.4, 0.5) is 5.82 Å². The second-order valence-electron chi connectivity index (χ2n) is 5.97. The van der Waals surface area contributed by atoms with Gasteiger partial charge in [-0.05, 0) is 18.6 Å². The van der Waals surface area contributed by atoms with E-state index >= 15 is 0 Å². The first-order valence-electron chi connectivity index (χ1n) is 8.13. The highest BCUT2D eigenvalue weighted by atomic mass is 15.4. The Hall–Kier alpha value is -3.36. The van der Waals surface area contributed by atoms with E-state index in [0.29, 0.717) is 17.0 Å². The third-order valence-corrected chi connectivity index (χ3v) is 4.38. The van der Waals surface area contributed by atoms with Crippen molar-refractivity contribution in [2.75, 3.05) is 5.32 Å². The zero-order valence-corrected chi connectivity index (χ0v) is 13.3. The normalized spacial score (nSPS) is 16.7. The number of aryl methyl sites for hydroxylation is 1. The molecule has 4 aromatic rings. The van der Waals surface area contributed by atoms with Gasteiger partial charge in [0.2, 0.25) is 0 Å². The molecule has 1 N–H and O–H groups in total. The van der Waals surface area contributed by atoms with Crippen LogP contribution in [0.1, 0.15) is 12.2 Å². The van der Waals surface area contributed by atoms with Crippen molar-refractivity contribution >= 4 is 17.0 Å². The predicted octanol–water partition coefficient (Wildman–Crippen LogP) is 1.23. The largest absolute Gasteiger partial charge is 0.363 e. The molecule has 1 aromatic carbocycles. The van der Waals surface area contributed by atoms with Crippen LogP contribution in [0.2, 0.25) is 0 Å².